The molecule has 0 aliphatic carbocycles. The number of halogens is 2. The van der Waals surface area contributed by atoms with Gasteiger partial charge in [-0.15, -0.1) is 23.2 Å². The molecule has 0 aromatic carbocycles. The largest absolute Gasteiger partial charge is 0.284 e. The van der Waals surface area contributed by atoms with Gasteiger partial charge in [-0.1, -0.05) is 6.92 Å². The van der Waals surface area contributed by atoms with E-state index < -0.39 is 20.7 Å². The fraction of sp³-hybridized carbons (Fsp3) is 1.00. The molecule has 10 heavy (non-hydrogen) atoms. The van der Waals surface area contributed by atoms with Gasteiger partial charge in [0.2, 0.25) is 0 Å². The molecule has 0 amide bonds. The predicted molar refractivity (Wildman–Crippen MR) is 41.1 cm³/mol. The molecule has 0 bridgehead atoms. The molecule has 0 radical (unpaired) electrons. The van der Waals surface area contributed by atoms with Gasteiger partial charge in [0.15, 0.2) is 4.71 Å². The summed E-state index contributed by atoms with van der Waals surface area (Å²) in [4.78, 5) is 0. The molecule has 0 aromatic heterocycles. The Morgan fingerprint density at radius 3 is 2.10 bits per heavy atom. The zero-order chi connectivity index (χ0) is 8.36. The van der Waals surface area contributed by atoms with Crippen LogP contribution >= 0.6 is 23.2 Å². The highest BCUT2D eigenvalue weighted by Crippen LogP contribution is 2.16. The smallest absolute Gasteiger partial charge is 0.282 e. The van der Waals surface area contributed by atoms with E-state index in [4.69, 9.17) is 27.8 Å². The molecule has 0 spiro atoms. The first kappa shape index (κ1) is 10.5. The van der Waals surface area contributed by atoms with Gasteiger partial charge >= 0.3 is 0 Å². The summed E-state index contributed by atoms with van der Waals surface area (Å²) in [5.41, 5.74) is 0. The zero-order valence-electron chi connectivity index (χ0n) is 5.29. The van der Waals surface area contributed by atoms with E-state index in [1.165, 1.54) is 0 Å². The van der Waals surface area contributed by atoms with Crippen molar-refractivity contribution in [3.8, 4) is 0 Å². The van der Waals surface area contributed by atoms with E-state index in [1.54, 1.807) is 6.92 Å². The van der Waals surface area contributed by atoms with E-state index in [2.05, 4.69) is 0 Å². The van der Waals surface area contributed by atoms with E-state index in [1.807, 2.05) is 0 Å². The van der Waals surface area contributed by atoms with Gasteiger partial charge in [0.25, 0.3) is 10.1 Å². The molecule has 0 aromatic rings. The monoisotopic (exact) mass is 206 g/mol. The summed E-state index contributed by atoms with van der Waals surface area (Å²) in [6.45, 7) is 1.54. The van der Waals surface area contributed by atoms with Crippen LogP contribution < -0.4 is 0 Å². The SMILES string of the molecule is CC(CCl)C(Cl)S(=O)(=O)O. The molecule has 0 saturated carbocycles. The standard InChI is InChI=1S/C4H8Cl2O3S/c1-3(2-5)4(6)10(7,8)9/h3-4H,2H2,1H3,(H,7,8,9). The summed E-state index contributed by atoms with van der Waals surface area (Å²) >= 11 is 10.6. The molecule has 0 aliphatic heterocycles. The number of rotatable bonds is 3. The Kier molecular flexibility index (Phi) is 3.94. The first-order chi connectivity index (χ1) is 4.39. The number of hydrogen-bond acceptors (Lipinski definition) is 2. The Hall–Kier alpha value is 0.490. The van der Waals surface area contributed by atoms with E-state index in [9.17, 15) is 8.42 Å². The normalized spacial score (nSPS) is 18.4. The Balaban J connectivity index is 4.23. The van der Waals surface area contributed by atoms with Crippen LogP contribution in [0.2, 0.25) is 0 Å². The highest BCUT2D eigenvalue weighted by molar-refractivity contribution is 7.87. The lowest BCUT2D eigenvalue weighted by molar-refractivity contribution is 0.467. The highest BCUT2D eigenvalue weighted by atomic mass is 35.5. The van der Waals surface area contributed by atoms with Crippen molar-refractivity contribution in [2.24, 2.45) is 5.92 Å². The van der Waals surface area contributed by atoms with Crippen molar-refractivity contribution < 1.29 is 13.0 Å². The molecule has 2 unspecified atom stereocenters. The van der Waals surface area contributed by atoms with E-state index in [0.29, 0.717) is 0 Å². The van der Waals surface area contributed by atoms with Crippen molar-refractivity contribution in [3.05, 3.63) is 0 Å². The average molecular weight is 207 g/mol. The Morgan fingerprint density at radius 1 is 1.60 bits per heavy atom. The number of hydrogen-bond donors (Lipinski definition) is 1. The Labute approximate surface area is 70.1 Å². The fourth-order valence-corrected chi connectivity index (χ4v) is 1.51. The summed E-state index contributed by atoms with van der Waals surface area (Å²) in [5.74, 6) is -0.341. The maximum atomic E-state index is 10.3. The van der Waals surface area contributed by atoms with Gasteiger partial charge in [0, 0.05) is 11.8 Å². The van der Waals surface area contributed by atoms with Crippen LogP contribution in [-0.2, 0) is 10.1 Å². The zero-order valence-corrected chi connectivity index (χ0v) is 7.62. The first-order valence-corrected chi connectivity index (χ1v) is 5.03. The van der Waals surface area contributed by atoms with Crippen molar-refractivity contribution >= 4 is 33.3 Å². The third-order valence-corrected chi connectivity index (χ3v) is 3.60. The van der Waals surface area contributed by atoms with Crippen LogP contribution in [0.3, 0.4) is 0 Å². The van der Waals surface area contributed by atoms with Gasteiger partial charge in [-0.3, -0.25) is 4.55 Å². The lowest BCUT2D eigenvalue weighted by atomic mass is 10.3. The third kappa shape index (κ3) is 3.05. The van der Waals surface area contributed by atoms with E-state index >= 15 is 0 Å². The fourth-order valence-electron chi connectivity index (χ4n) is 0.364. The minimum atomic E-state index is -4.13. The molecule has 0 aliphatic rings. The molecule has 1 N–H and O–H groups in total. The van der Waals surface area contributed by atoms with E-state index in [-0.39, 0.29) is 5.88 Å². The van der Waals surface area contributed by atoms with Gasteiger partial charge in [0.1, 0.15) is 0 Å². The molecule has 0 heterocycles. The lowest BCUT2D eigenvalue weighted by Gasteiger charge is -2.10. The second kappa shape index (κ2) is 3.76. The summed E-state index contributed by atoms with van der Waals surface area (Å²) in [5, 5.41) is 0. The van der Waals surface area contributed by atoms with Crippen molar-refractivity contribution in [1.29, 1.82) is 0 Å². The second-order valence-electron chi connectivity index (χ2n) is 2.00. The number of alkyl halides is 2. The third-order valence-electron chi connectivity index (χ3n) is 0.975. The van der Waals surface area contributed by atoms with Crippen LogP contribution in [0, 0.1) is 5.92 Å². The molecule has 0 fully saturated rings. The Bertz CT molecular complexity index is 189. The van der Waals surface area contributed by atoms with Gasteiger partial charge in [-0.25, -0.2) is 0 Å². The summed E-state index contributed by atoms with van der Waals surface area (Å²) < 4.78 is 27.7. The van der Waals surface area contributed by atoms with Gasteiger partial charge in [0.05, 0.1) is 0 Å². The van der Waals surface area contributed by atoms with Crippen molar-refractivity contribution in [2.45, 2.75) is 11.6 Å². The summed E-state index contributed by atoms with van der Waals surface area (Å²) in [7, 11) is -4.13. The average Bonchev–Trinajstić information content (AvgIpc) is 1.83. The van der Waals surface area contributed by atoms with Crippen LogP contribution in [0.4, 0.5) is 0 Å². The second-order valence-corrected chi connectivity index (χ2v) is 4.57. The topological polar surface area (TPSA) is 54.4 Å². The quantitative estimate of drug-likeness (QED) is 0.560. The van der Waals surface area contributed by atoms with Crippen LogP contribution in [-0.4, -0.2) is 23.6 Å². The lowest BCUT2D eigenvalue weighted by Crippen LogP contribution is -2.22. The molecule has 3 nitrogen and oxygen atoms in total. The molecule has 6 heteroatoms. The maximum absolute atomic E-state index is 10.3. The molecule has 2 atom stereocenters. The van der Waals surface area contributed by atoms with Crippen molar-refractivity contribution in [3.63, 3.8) is 0 Å². The van der Waals surface area contributed by atoms with Crippen LogP contribution in [0.15, 0.2) is 0 Å². The van der Waals surface area contributed by atoms with Crippen molar-refractivity contribution in [1.82, 2.24) is 0 Å². The molecule has 0 saturated heterocycles. The molecule has 62 valence electrons. The van der Waals surface area contributed by atoms with Crippen LogP contribution in [0.1, 0.15) is 6.92 Å². The van der Waals surface area contributed by atoms with Gasteiger partial charge in [-0.2, -0.15) is 8.42 Å². The predicted octanol–water partition coefficient (Wildman–Crippen LogP) is 1.31. The van der Waals surface area contributed by atoms with Crippen molar-refractivity contribution in [2.75, 3.05) is 5.88 Å². The van der Waals surface area contributed by atoms with Crippen LogP contribution in [0.25, 0.3) is 0 Å². The molecular weight excluding hydrogens is 199 g/mol. The minimum Gasteiger partial charge on any atom is -0.284 e. The first-order valence-electron chi connectivity index (χ1n) is 2.56. The Morgan fingerprint density at radius 2 is 2.00 bits per heavy atom. The van der Waals surface area contributed by atoms with Gasteiger partial charge < -0.3 is 0 Å². The van der Waals surface area contributed by atoms with Gasteiger partial charge in [-0.05, 0) is 0 Å². The summed E-state index contributed by atoms with van der Waals surface area (Å²) in [6.07, 6.45) is 0. The molecule has 0 rings (SSSR count). The molecular formula is C4H8Cl2O3S. The highest BCUT2D eigenvalue weighted by Gasteiger charge is 2.25. The van der Waals surface area contributed by atoms with Crippen LogP contribution in [0.5, 0.6) is 0 Å². The minimum absolute atomic E-state index is 0.105. The van der Waals surface area contributed by atoms with E-state index in [0.717, 1.165) is 0 Å². The summed E-state index contributed by atoms with van der Waals surface area (Å²) in [6, 6.07) is 0. The maximum Gasteiger partial charge on any atom is 0.282 e.